The second-order valence-corrected chi connectivity index (χ2v) is 13.9. The maximum Gasteiger partial charge on any atom is -0.00290 e. The van der Waals surface area contributed by atoms with Gasteiger partial charge in [0, 0.05) is 0 Å². The molecule has 0 aromatic rings. The zero-order chi connectivity index (χ0) is 17.1. The van der Waals surface area contributed by atoms with Crippen molar-refractivity contribution in [3.63, 3.8) is 0 Å². The first-order chi connectivity index (χ1) is 11.6. The molecule has 0 amide bonds. The van der Waals surface area contributed by atoms with Crippen molar-refractivity contribution < 1.29 is 0 Å². The topological polar surface area (TPSA) is 0 Å². The van der Waals surface area contributed by atoms with Gasteiger partial charge in [-0.15, -0.1) is 18.5 Å². The molecular formula is C20H24Cl2S2. The highest BCUT2D eigenvalue weighted by Gasteiger charge is 2.17. The fourth-order valence-corrected chi connectivity index (χ4v) is 7.02. The van der Waals surface area contributed by atoms with Crippen molar-refractivity contribution in [2.75, 3.05) is 11.5 Å². The third-order valence-corrected chi connectivity index (χ3v) is 9.92. The minimum absolute atomic E-state index is 0.989. The molecular weight excluding hydrogens is 375 g/mol. The molecule has 0 unspecified atom stereocenters. The van der Waals surface area contributed by atoms with E-state index in [0.717, 1.165) is 24.3 Å². The molecule has 0 atom stereocenters. The summed E-state index contributed by atoms with van der Waals surface area (Å²) in [6.45, 7) is 0. The Bertz CT molecular complexity index is 534. The minimum Gasteiger partial charge on any atom is -0.122 e. The summed E-state index contributed by atoms with van der Waals surface area (Å²) < 4.78 is 0. The van der Waals surface area contributed by atoms with Crippen LogP contribution in [0.2, 0.25) is 0 Å². The molecule has 0 nitrogen and oxygen atoms in total. The van der Waals surface area contributed by atoms with Crippen molar-refractivity contribution in [3.8, 4) is 0 Å². The summed E-state index contributed by atoms with van der Waals surface area (Å²) in [5.41, 5.74) is 0. The Kier molecular flexibility index (Phi) is 8.34. The summed E-state index contributed by atoms with van der Waals surface area (Å²) in [5.74, 6) is 1.98. The summed E-state index contributed by atoms with van der Waals surface area (Å²) in [6, 6.07) is 0. The van der Waals surface area contributed by atoms with Gasteiger partial charge in [0.05, 0.1) is 0 Å². The standard InChI is InChI=1S/C20H24Cl2S2/c21-23(15-9-5-1-2-6-10-16-23)19-13-14-20-24(22)17-11-7-3-4-8-12-18-24/h1-12,15-18H,13-14,19-20H2/b5-1-,6-2-,7-3-,8-4-,15-9-,16-10-,17-11-,18-12-. The van der Waals surface area contributed by atoms with Gasteiger partial charge in [-0.05, 0) is 46.0 Å². The maximum absolute atomic E-state index is 6.82. The number of allylic oxidation sites excluding steroid dienone is 12. The highest BCUT2D eigenvalue weighted by molar-refractivity contribution is 8.55. The molecule has 0 saturated carbocycles. The van der Waals surface area contributed by atoms with E-state index in [0.29, 0.717) is 0 Å². The second kappa shape index (κ2) is 10.2. The third-order valence-electron chi connectivity index (χ3n) is 3.49. The summed E-state index contributed by atoms with van der Waals surface area (Å²) in [5, 5.41) is 8.58. The van der Waals surface area contributed by atoms with Crippen LogP contribution in [0.4, 0.5) is 0 Å². The lowest BCUT2D eigenvalue weighted by Crippen LogP contribution is -1.97. The van der Waals surface area contributed by atoms with Gasteiger partial charge in [0.25, 0.3) is 0 Å². The van der Waals surface area contributed by atoms with E-state index in [-0.39, 0.29) is 0 Å². The van der Waals surface area contributed by atoms with E-state index < -0.39 is 18.5 Å². The molecule has 24 heavy (non-hydrogen) atoms. The monoisotopic (exact) mass is 398 g/mol. The number of unbranched alkanes of at least 4 members (excludes halogenated alkanes) is 1. The van der Waals surface area contributed by atoms with Crippen LogP contribution in [0.3, 0.4) is 0 Å². The number of hydrogen-bond donors (Lipinski definition) is 0. The van der Waals surface area contributed by atoms with E-state index in [9.17, 15) is 0 Å². The lowest BCUT2D eigenvalue weighted by molar-refractivity contribution is 0.905. The van der Waals surface area contributed by atoms with Crippen molar-refractivity contribution in [1.29, 1.82) is 0 Å². The first-order valence-corrected chi connectivity index (χ1v) is 13.5. The fraction of sp³-hybridized carbons (Fsp3) is 0.200. The normalized spacial score (nSPS) is 34.2. The third kappa shape index (κ3) is 7.40. The molecule has 2 heterocycles. The smallest absolute Gasteiger partial charge is 0.00290 e. The van der Waals surface area contributed by atoms with Crippen LogP contribution in [0.1, 0.15) is 12.8 Å². The first kappa shape index (κ1) is 19.5. The Morgan fingerprint density at radius 1 is 0.417 bits per heavy atom. The lowest BCUT2D eigenvalue weighted by atomic mass is 10.4. The molecule has 0 aromatic carbocycles. The molecule has 0 bridgehead atoms. The van der Waals surface area contributed by atoms with Crippen molar-refractivity contribution in [3.05, 3.63) is 94.5 Å². The summed E-state index contributed by atoms with van der Waals surface area (Å²) in [6.07, 6.45) is 26.6. The minimum atomic E-state index is -1.35. The number of halogens is 2. The van der Waals surface area contributed by atoms with Crippen LogP contribution in [-0.4, -0.2) is 11.5 Å². The van der Waals surface area contributed by atoms with Crippen molar-refractivity contribution in [1.82, 2.24) is 0 Å². The number of rotatable bonds is 5. The van der Waals surface area contributed by atoms with Crippen molar-refractivity contribution in [2.45, 2.75) is 12.8 Å². The summed E-state index contributed by atoms with van der Waals surface area (Å²) in [4.78, 5) is 0. The van der Waals surface area contributed by atoms with Gasteiger partial charge >= 0.3 is 0 Å². The second-order valence-electron chi connectivity index (χ2n) is 5.48. The van der Waals surface area contributed by atoms with Gasteiger partial charge in [0.15, 0.2) is 0 Å². The summed E-state index contributed by atoms with van der Waals surface area (Å²) >= 11 is 0. The predicted molar refractivity (Wildman–Crippen MR) is 119 cm³/mol. The molecule has 0 fully saturated rings. The van der Waals surface area contributed by atoms with Crippen LogP contribution in [0.15, 0.2) is 94.5 Å². The molecule has 0 radical (unpaired) electrons. The quantitative estimate of drug-likeness (QED) is 0.411. The van der Waals surface area contributed by atoms with Crippen LogP contribution in [0.5, 0.6) is 0 Å². The largest absolute Gasteiger partial charge is 0.122 e. The van der Waals surface area contributed by atoms with E-state index in [1.54, 1.807) is 0 Å². The maximum atomic E-state index is 6.82. The van der Waals surface area contributed by atoms with Crippen LogP contribution < -0.4 is 0 Å². The fourth-order valence-electron chi connectivity index (χ4n) is 2.23. The van der Waals surface area contributed by atoms with Gasteiger partial charge in [-0.3, -0.25) is 0 Å². The average Bonchev–Trinajstić information content (AvgIpc) is 2.73. The molecule has 2 aliphatic heterocycles. The first-order valence-electron chi connectivity index (χ1n) is 8.00. The molecule has 0 spiro atoms. The molecule has 0 aromatic heterocycles. The van der Waals surface area contributed by atoms with E-state index in [2.05, 4.69) is 45.9 Å². The predicted octanol–water partition coefficient (Wildman–Crippen LogP) is 7.99. The van der Waals surface area contributed by atoms with Crippen molar-refractivity contribution >= 4 is 39.8 Å². The lowest BCUT2D eigenvalue weighted by Gasteiger charge is -2.28. The van der Waals surface area contributed by atoms with Crippen molar-refractivity contribution in [2.24, 2.45) is 0 Å². The van der Waals surface area contributed by atoms with Gasteiger partial charge in [0.2, 0.25) is 0 Å². The molecule has 2 rings (SSSR count). The van der Waals surface area contributed by atoms with Gasteiger partial charge < -0.3 is 0 Å². The summed E-state index contributed by atoms with van der Waals surface area (Å²) in [7, 11) is 10.9. The molecule has 4 heteroatoms. The van der Waals surface area contributed by atoms with Gasteiger partial charge in [0.1, 0.15) is 0 Å². The Labute approximate surface area is 158 Å². The Morgan fingerprint density at radius 3 is 0.958 bits per heavy atom. The molecule has 0 aliphatic carbocycles. The zero-order valence-electron chi connectivity index (χ0n) is 13.6. The van der Waals surface area contributed by atoms with E-state index >= 15 is 0 Å². The molecule has 2 aliphatic rings. The average molecular weight is 399 g/mol. The van der Waals surface area contributed by atoms with Gasteiger partial charge in [-0.2, -0.15) is 0 Å². The SMILES string of the molecule is ClS1(CCCCS2(Cl)\C=C/C=C\C=C/C=C\2)\C=C/C=C\C=C/C=C\1. The van der Waals surface area contributed by atoms with Gasteiger partial charge in [-0.1, -0.05) is 94.3 Å². The van der Waals surface area contributed by atoms with Crippen LogP contribution in [0.25, 0.3) is 0 Å². The Morgan fingerprint density at radius 2 is 0.667 bits per heavy atom. The highest BCUT2D eigenvalue weighted by Crippen LogP contribution is 2.59. The molecule has 130 valence electrons. The Hall–Kier alpha value is -0.800. The molecule has 0 N–H and O–H groups in total. The zero-order valence-corrected chi connectivity index (χ0v) is 16.8. The van der Waals surface area contributed by atoms with Gasteiger partial charge in [-0.25, -0.2) is 0 Å². The van der Waals surface area contributed by atoms with Crippen LogP contribution in [0, 0.1) is 0 Å². The number of hydrogen-bond acceptors (Lipinski definition) is 0. The Balaban J connectivity index is 1.89. The van der Waals surface area contributed by atoms with E-state index in [1.165, 1.54) is 0 Å². The highest BCUT2D eigenvalue weighted by atomic mass is 35.7. The van der Waals surface area contributed by atoms with Crippen LogP contribution in [-0.2, 0) is 0 Å². The van der Waals surface area contributed by atoms with E-state index in [1.807, 2.05) is 48.6 Å². The molecule has 0 saturated heterocycles. The van der Waals surface area contributed by atoms with E-state index in [4.69, 9.17) is 21.4 Å². The van der Waals surface area contributed by atoms with Crippen LogP contribution >= 0.6 is 39.8 Å².